The largest absolute Gasteiger partial charge is 0.386 e. The van der Waals surface area contributed by atoms with Crippen LogP contribution in [0.3, 0.4) is 0 Å². The van der Waals surface area contributed by atoms with Gasteiger partial charge in [0, 0.05) is 62.2 Å². The van der Waals surface area contributed by atoms with Gasteiger partial charge in [-0.1, -0.05) is 12.2 Å². The highest BCUT2D eigenvalue weighted by atomic mass is 32.7. The van der Waals surface area contributed by atoms with E-state index in [1.807, 2.05) is 0 Å². The number of hydrogen-bond donors (Lipinski definition) is 6. The molecule has 0 aliphatic carbocycles. The van der Waals surface area contributed by atoms with Gasteiger partial charge in [-0.3, -0.25) is 50.2 Å². The molecule has 0 saturated carbocycles. The number of hydrogen-bond acceptors (Lipinski definition) is 28. The van der Waals surface area contributed by atoms with Crippen LogP contribution in [0.5, 0.6) is 0 Å². The van der Waals surface area contributed by atoms with Crippen LogP contribution in [-0.4, -0.2) is 169 Å². The minimum atomic E-state index is -4.23. The lowest BCUT2D eigenvalue weighted by Crippen LogP contribution is -2.34. The van der Waals surface area contributed by atoms with Crippen LogP contribution in [0.15, 0.2) is 84.2 Å². The summed E-state index contributed by atoms with van der Waals surface area (Å²) in [7, 11) is 0. The van der Waals surface area contributed by atoms with E-state index in [1.54, 1.807) is 4.57 Å². The summed E-state index contributed by atoms with van der Waals surface area (Å²) in [6, 6.07) is 2.62. The minimum Gasteiger partial charge on any atom is -0.382 e. The predicted molar refractivity (Wildman–Crippen MR) is 302 cm³/mol. The van der Waals surface area contributed by atoms with Crippen LogP contribution in [0.1, 0.15) is 37.8 Å². The number of alkyl halides is 2. The van der Waals surface area contributed by atoms with Crippen molar-refractivity contribution in [1.82, 2.24) is 66.9 Å². The summed E-state index contributed by atoms with van der Waals surface area (Å²) in [5.41, 5.74) is 11.9. The number of imidazole rings is 4. The fourth-order valence-electron chi connectivity index (χ4n) is 10.6. The highest BCUT2D eigenvalue weighted by molar-refractivity contribution is 8.44. The Morgan fingerprint density at radius 2 is 0.965 bits per heavy atom. The molecule has 34 nitrogen and oxygen atoms in total. The fourth-order valence-corrected chi connectivity index (χ4v) is 16.4. The monoisotopic (exact) mass is 1350 g/mol. The van der Waals surface area contributed by atoms with E-state index in [0.717, 1.165) is 0 Å². The zero-order valence-electron chi connectivity index (χ0n) is 43.4. The van der Waals surface area contributed by atoms with Crippen molar-refractivity contribution < 1.29 is 83.2 Å². The SMILES string of the molecule is Nc1ncnc2c1ncn2[C@@H]1O[C@@H]2COP(O)(=S)O[C@@H]3C[C@@H](COP(=O)(S)O[C@H]2[C@@H]1F)O[C@H]3n1ccc(=O)n2ccnc12.Nc1ncnc2c1ncn2[C@@H]1O[C@@H]2COP(O)(=S)O[C@@H]3C[C@@H](COP(O)(=S)O[C@H]2[C@@H]1F)O[C@H]3n1ccc(=O)n2ccnc12. The highest BCUT2D eigenvalue weighted by Crippen LogP contribution is 2.59. The molecule has 4 bridgehead atoms. The van der Waals surface area contributed by atoms with E-state index in [1.165, 1.54) is 97.1 Å². The Morgan fingerprint density at radius 3 is 1.44 bits per heavy atom. The molecule has 6 fully saturated rings. The lowest BCUT2D eigenvalue weighted by Gasteiger charge is -2.28. The summed E-state index contributed by atoms with van der Waals surface area (Å²) in [5, 5.41) is 0. The van der Waals surface area contributed by atoms with Gasteiger partial charge in [-0.05, 0) is 35.4 Å². The van der Waals surface area contributed by atoms with Crippen LogP contribution < -0.4 is 22.6 Å². The molecular formula is C42H46F2N16O18P4S4. The Bertz CT molecular complexity index is 3980. The van der Waals surface area contributed by atoms with Crippen LogP contribution >= 0.6 is 39.2 Å². The van der Waals surface area contributed by atoms with Gasteiger partial charge >= 0.3 is 27.0 Å². The molecule has 0 amide bonds. The number of thiol groups is 1. The van der Waals surface area contributed by atoms with Gasteiger partial charge in [-0.2, -0.15) is 0 Å². The van der Waals surface area contributed by atoms with Crippen LogP contribution in [0, 0.1) is 0 Å². The van der Waals surface area contributed by atoms with E-state index < -0.39 is 126 Å². The molecule has 7 N–H and O–H groups in total. The average Bonchev–Trinajstić information content (AvgIpc) is 1.93. The second kappa shape index (κ2) is 23.3. The summed E-state index contributed by atoms with van der Waals surface area (Å²) in [5.74, 6) is 0.655. The van der Waals surface area contributed by atoms with Crippen LogP contribution in [0.4, 0.5) is 20.4 Å². The standard InChI is InChI=1S/2C21H23FN8O9P2S2/c2*22-14-16-12(37-20(14)30-9-27-15-17(23)25-8-26-18(15)30)7-35-40(32,42)38-11-5-10(6-34-41(33,43)39-16)36-19(11)29-3-1-13(31)28-4-2-24-21(28)29/h2*1-4,8-12,14,16,19-20H,5-7H2,(H,32,42)(H,33,43)(H2,23,25,26)/t2*10-,11+,12+,14-,16+,19+,20+,40?,41?/m00/s1. The molecule has 0 spiro atoms. The van der Waals surface area contributed by atoms with Crippen LogP contribution in [-0.2, 0) is 95.1 Å². The Balaban J connectivity index is 0.000000160. The third kappa shape index (κ3) is 11.8. The lowest BCUT2D eigenvalue weighted by molar-refractivity contribution is -0.0600. The van der Waals surface area contributed by atoms with Crippen molar-refractivity contribution in [3.8, 4) is 0 Å². The molecule has 86 heavy (non-hydrogen) atoms. The predicted octanol–water partition coefficient (Wildman–Crippen LogP) is 2.20. The first-order chi connectivity index (χ1) is 41.0. The van der Waals surface area contributed by atoms with E-state index in [9.17, 15) is 28.8 Å². The van der Waals surface area contributed by atoms with Gasteiger partial charge in [0.1, 0.15) is 60.3 Å². The van der Waals surface area contributed by atoms with Crippen molar-refractivity contribution >= 4 is 120 Å². The zero-order valence-corrected chi connectivity index (χ0v) is 50.3. The number of halogens is 2. The molecule has 0 radical (unpaired) electrons. The maximum absolute atomic E-state index is 16.0. The zero-order chi connectivity index (χ0) is 60.2. The van der Waals surface area contributed by atoms with Gasteiger partial charge < -0.3 is 67.7 Å². The molecule has 0 aromatic carbocycles. The van der Waals surface area contributed by atoms with Gasteiger partial charge in [0.15, 0.2) is 60.2 Å². The number of anilines is 2. The normalized spacial score (nSPS) is 37.1. The van der Waals surface area contributed by atoms with Gasteiger partial charge in [0.05, 0.1) is 51.3 Å². The molecule has 18 atom stereocenters. The second-order valence-corrected chi connectivity index (χ2v) is 31.0. The van der Waals surface area contributed by atoms with Crippen LogP contribution in [0.25, 0.3) is 33.9 Å². The minimum absolute atomic E-state index is 0.0800. The number of rotatable bonds is 4. The lowest BCUT2D eigenvalue weighted by atomic mass is 10.1. The molecule has 6 saturated heterocycles. The van der Waals surface area contributed by atoms with Gasteiger partial charge in [0.25, 0.3) is 11.1 Å². The van der Waals surface area contributed by atoms with E-state index in [2.05, 4.69) is 52.1 Å². The topological polar surface area (TPSA) is 406 Å². The number of nitrogen functional groups attached to an aromatic ring is 2. The number of ether oxygens (including phenoxy) is 4. The summed E-state index contributed by atoms with van der Waals surface area (Å²) in [6.45, 7) is -18.0. The number of nitrogens with zero attached hydrogens (tertiary/aromatic N) is 14. The maximum atomic E-state index is 16.0. The smallest absolute Gasteiger partial charge is 0.382 e. The highest BCUT2D eigenvalue weighted by Gasteiger charge is 2.54. The van der Waals surface area contributed by atoms with E-state index in [0.29, 0.717) is 0 Å². The van der Waals surface area contributed by atoms with E-state index in [-0.39, 0.29) is 82.7 Å². The third-order valence-electron chi connectivity index (χ3n) is 14.3. The molecule has 6 aliphatic rings. The third-order valence-corrected chi connectivity index (χ3v) is 20.7. The van der Waals surface area contributed by atoms with Gasteiger partial charge in [-0.25, -0.2) is 53.2 Å². The number of fused-ring (bicyclic) bond motifs is 10. The maximum Gasteiger partial charge on any atom is 0.386 e. The average molecular weight is 1350 g/mol. The van der Waals surface area contributed by atoms with E-state index >= 15 is 8.78 Å². The van der Waals surface area contributed by atoms with Crippen LogP contribution in [0.2, 0.25) is 0 Å². The molecular weight excluding hydrogens is 1310 g/mol. The van der Waals surface area contributed by atoms with E-state index in [4.69, 9.17) is 102 Å². The first-order valence-electron chi connectivity index (χ1n) is 25.5. The Labute approximate surface area is 500 Å². The van der Waals surface area contributed by atoms with Crippen molar-refractivity contribution in [3.05, 3.63) is 95.3 Å². The quantitative estimate of drug-likeness (QED) is 0.109. The Morgan fingerprint density at radius 1 is 0.535 bits per heavy atom. The summed E-state index contributed by atoms with van der Waals surface area (Å²) in [4.78, 5) is 90.2. The molecule has 14 heterocycles. The van der Waals surface area contributed by atoms with Gasteiger partial charge in [-0.15, -0.1) is 0 Å². The fraction of sp³-hybridized carbons (Fsp3) is 0.476. The number of aromatic nitrogens is 14. The molecule has 8 aromatic rings. The molecule has 8 aromatic heterocycles. The number of nitrogens with two attached hydrogens (primary N) is 2. The van der Waals surface area contributed by atoms with Crippen molar-refractivity contribution in [1.29, 1.82) is 0 Å². The first-order valence-corrected chi connectivity index (χ1v) is 35.9. The van der Waals surface area contributed by atoms with Crippen molar-refractivity contribution in [2.75, 3.05) is 37.9 Å². The Hall–Kier alpha value is -4.67. The Kier molecular flexibility index (Phi) is 16.3. The molecule has 44 heteroatoms. The van der Waals surface area contributed by atoms with Gasteiger partial charge in [0.2, 0.25) is 11.6 Å². The van der Waals surface area contributed by atoms with Crippen molar-refractivity contribution in [2.24, 2.45) is 0 Å². The molecule has 460 valence electrons. The summed E-state index contributed by atoms with van der Waals surface area (Å²) >= 11 is 19.9. The summed E-state index contributed by atoms with van der Waals surface area (Å²) < 4.78 is 123. The molecule has 14 rings (SSSR count). The van der Waals surface area contributed by atoms with Crippen molar-refractivity contribution in [3.63, 3.8) is 0 Å². The molecule has 4 unspecified atom stereocenters. The molecule has 6 aliphatic heterocycles. The summed E-state index contributed by atoms with van der Waals surface area (Å²) in [6.07, 6.45) is -3.43. The van der Waals surface area contributed by atoms with Crippen molar-refractivity contribution in [2.45, 2.75) is 98.9 Å². The second-order valence-electron chi connectivity index (χ2n) is 19.8. The first kappa shape index (κ1) is 60.3.